The van der Waals surface area contributed by atoms with Crippen LogP contribution in [0.25, 0.3) is 0 Å². The highest BCUT2D eigenvalue weighted by Crippen LogP contribution is 2.27. The van der Waals surface area contributed by atoms with Crippen molar-refractivity contribution in [1.82, 2.24) is 0 Å². The standard InChI is InChI=1S/C13H19ClN2O2/c1-3-9(2)18-12-5-4-10(8-15)6-11(12)16-13(17)7-14/h4-6,9H,3,7-8,15H2,1-2H3,(H,16,17). The number of benzene rings is 1. The van der Waals surface area contributed by atoms with Gasteiger partial charge in [-0.25, -0.2) is 0 Å². The molecule has 0 aliphatic heterocycles. The van der Waals surface area contributed by atoms with Gasteiger partial charge in [-0.2, -0.15) is 0 Å². The van der Waals surface area contributed by atoms with Gasteiger partial charge < -0.3 is 15.8 Å². The van der Waals surface area contributed by atoms with Crippen molar-refractivity contribution < 1.29 is 9.53 Å². The van der Waals surface area contributed by atoms with Gasteiger partial charge in [0.25, 0.3) is 0 Å². The number of hydrogen-bond donors (Lipinski definition) is 2. The SMILES string of the molecule is CCC(C)Oc1ccc(CN)cc1NC(=O)CCl. The molecule has 0 aliphatic carbocycles. The fourth-order valence-electron chi connectivity index (χ4n) is 1.39. The van der Waals surface area contributed by atoms with E-state index in [9.17, 15) is 4.79 Å². The zero-order valence-electron chi connectivity index (χ0n) is 10.7. The van der Waals surface area contributed by atoms with Crippen molar-refractivity contribution in [3.05, 3.63) is 23.8 Å². The second-order valence-electron chi connectivity index (χ2n) is 4.05. The van der Waals surface area contributed by atoms with E-state index in [0.717, 1.165) is 12.0 Å². The summed E-state index contributed by atoms with van der Waals surface area (Å²) in [6.45, 7) is 4.42. The second-order valence-corrected chi connectivity index (χ2v) is 4.32. The first-order chi connectivity index (χ1) is 8.60. The van der Waals surface area contributed by atoms with Gasteiger partial charge in [-0.1, -0.05) is 13.0 Å². The van der Waals surface area contributed by atoms with Gasteiger partial charge in [-0.3, -0.25) is 4.79 Å². The molecule has 0 saturated carbocycles. The van der Waals surface area contributed by atoms with E-state index in [1.54, 1.807) is 0 Å². The van der Waals surface area contributed by atoms with Gasteiger partial charge in [0.2, 0.25) is 5.91 Å². The lowest BCUT2D eigenvalue weighted by molar-refractivity contribution is -0.113. The second kappa shape index (κ2) is 7.24. The number of hydrogen-bond acceptors (Lipinski definition) is 3. The van der Waals surface area contributed by atoms with Crippen LogP contribution in [0.4, 0.5) is 5.69 Å². The van der Waals surface area contributed by atoms with Crippen LogP contribution in [0, 0.1) is 0 Å². The molecule has 18 heavy (non-hydrogen) atoms. The molecule has 0 spiro atoms. The Kier molecular flexibility index (Phi) is 5.95. The van der Waals surface area contributed by atoms with Crippen LogP contribution in [-0.4, -0.2) is 17.9 Å². The molecule has 4 nitrogen and oxygen atoms in total. The van der Waals surface area contributed by atoms with Crippen LogP contribution in [0.3, 0.4) is 0 Å². The zero-order chi connectivity index (χ0) is 13.5. The molecule has 0 saturated heterocycles. The minimum atomic E-state index is -0.264. The Morgan fingerprint density at radius 2 is 2.28 bits per heavy atom. The fourth-order valence-corrected chi connectivity index (χ4v) is 1.46. The number of anilines is 1. The molecule has 0 aliphatic rings. The van der Waals surface area contributed by atoms with Crippen LogP contribution >= 0.6 is 11.6 Å². The van der Waals surface area contributed by atoms with E-state index in [0.29, 0.717) is 18.0 Å². The topological polar surface area (TPSA) is 64.3 Å². The highest BCUT2D eigenvalue weighted by molar-refractivity contribution is 6.29. The molecular formula is C13H19ClN2O2. The molecule has 1 rings (SSSR count). The summed E-state index contributed by atoms with van der Waals surface area (Å²) in [6.07, 6.45) is 0.974. The van der Waals surface area contributed by atoms with Gasteiger partial charge in [-0.05, 0) is 31.0 Å². The van der Waals surface area contributed by atoms with Gasteiger partial charge in [0, 0.05) is 6.54 Å². The minimum absolute atomic E-state index is 0.0837. The zero-order valence-corrected chi connectivity index (χ0v) is 11.5. The van der Waals surface area contributed by atoms with E-state index in [1.807, 2.05) is 32.0 Å². The summed E-state index contributed by atoms with van der Waals surface area (Å²) in [5.74, 6) is 0.287. The molecule has 1 aromatic carbocycles. The van der Waals surface area contributed by atoms with Gasteiger partial charge in [0.1, 0.15) is 11.6 Å². The third-order valence-electron chi connectivity index (χ3n) is 2.58. The van der Waals surface area contributed by atoms with E-state index in [4.69, 9.17) is 22.1 Å². The van der Waals surface area contributed by atoms with Crippen molar-refractivity contribution >= 4 is 23.2 Å². The average Bonchev–Trinajstić information content (AvgIpc) is 2.40. The molecule has 5 heteroatoms. The number of ether oxygens (including phenoxy) is 1. The highest BCUT2D eigenvalue weighted by Gasteiger charge is 2.10. The number of halogens is 1. The van der Waals surface area contributed by atoms with Crippen LogP contribution in [0.15, 0.2) is 18.2 Å². The number of amides is 1. The van der Waals surface area contributed by atoms with Crippen molar-refractivity contribution in [2.75, 3.05) is 11.2 Å². The summed E-state index contributed by atoms with van der Waals surface area (Å²) >= 11 is 5.48. The molecular weight excluding hydrogens is 252 g/mol. The van der Waals surface area contributed by atoms with Crippen molar-refractivity contribution in [2.24, 2.45) is 5.73 Å². The molecule has 3 N–H and O–H groups in total. The molecule has 0 radical (unpaired) electrons. The Morgan fingerprint density at radius 1 is 1.56 bits per heavy atom. The third kappa shape index (κ3) is 4.20. The van der Waals surface area contributed by atoms with Gasteiger partial charge >= 0.3 is 0 Å². The summed E-state index contributed by atoms with van der Waals surface area (Å²) in [5, 5.41) is 2.71. The number of carbonyl (C=O) groups is 1. The molecule has 1 aromatic rings. The number of nitrogens with one attached hydrogen (secondary N) is 1. The van der Waals surface area contributed by atoms with E-state index in [1.165, 1.54) is 0 Å². The van der Waals surface area contributed by atoms with E-state index in [2.05, 4.69) is 5.32 Å². The Morgan fingerprint density at radius 3 is 2.83 bits per heavy atom. The maximum Gasteiger partial charge on any atom is 0.239 e. The fraction of sp³-hybridized carbons (Fsp3) is 0.462. The lowest BCUT2D eigenvalue weighted by atomic mass is 10.2. The van der Waals surface area contributed by atoms with E-state index < -0.39 is 0 Å². The molecule has 1 unspecified atom stereocenters. The number of rotatable bonds is 6. The Balaban J connectivity index is 2.96. The number of carbonyl (C=O) groups excluding carboxylic acids is 1. The van der Waals surface area contributed by atoms with Crippen LogP contribution in [0.1, 0.15) is 25.8 Å². The molecule has 100 valence electrons. The van der Waals surface area contributed by atoms with Crippen molar-refractivity contribution in [3.63, 3.8) is 0 Å². The molecule has 1 atom stereocenters. The highest BCUT2D eigenvalue weighted by atomic mass is 35.5. The maximum atomic E-state index is 11.4. The lowest BCUT2D eigenvalue weighted by Crippen LogP contribution is -2.16. The molecule has 0 bridgehead atoms. The van der Waals surface area contributed by atoms with E-state index in [-0.39, 0.29) is 17.9 Å². The monoisotopic (exact) mass is 270 g/mol. The summed E-state index contributed by atoms with van der Waals surface area (Å²) in [6, 6.07) is 5.51. The molecule has 0 heterocycles. The predicted molar refractivity (Wildman–Crippen MR) is 74.1 cm³/mol. The number of alkyl halides is 1. The normalized spacial score (nSPS) is 12.0. The summed E-state index contributed by atoms with van der Waals surface area (Å²) < 4.78 is 5.74. The van der Waals surface area contributed by atoms with Gasteiger partial charge in [0.05, 0.1) is 11.8 Å². The van der Waals surface area contributed by atoms with Crippen molar-refractivity contribution in [2.45, 2.75) is 32.9 Å². The lowest BCUT2D eigenvalue weighted by Gasteiger charge is -2.17. The largest absolute Gasteiger partial charge is 0.489 e. The first-order valence-corrected chi connectivity index (χ1v) is 6.49. The maximum absolute atomic E-state index is 11.4. The smallest absolute Gasteiger partial charge is 0.239 e. The third-order valence-corrected chi connectivity index (χ3v) is 2.82. The van der Waals surface area contributed by atoms with Crippen LogP contribution in [-0.2, 0) is 11.3 Å². The minimum Gasteiger partial charge on any atom is -0.489 e. The van der Waals surface area contributed by atoms with Crippen LogP contribution < -0.4 is 15.8 Å². The Labute approximate surface area is 112 Å². The van der Waals surface area contributed by atoms with Crippen molar-refractivity contribution in [1.29, 1.82) is 0 Å². The summed E-state index contributed by atoms with van der Waals surface area (Å²) in [4.78, 5) is 11.4. The quantitative estimate of drug-likeness (QED) is 0.781. The number of nitrogens with two attached hydrogens (primary N) is 1. The Hall–Kier alpha value is -1.26. The Bertz CT molecular complexity index is 410. The first kappa shape index (κ1) is 14.8. The van der Waals surface area contributed by atoms with E-state index >= 15 is 0 Å². The molecule has 1 amide bonds. The molecule has 0 aromatic heterocycles. The summed E-state index contributed by atoms with van der Waals surface area (Å²) in [5.41, 5.74) is 7.12. The van der Waals surface area contributed by atoms with Gasteiger partial charge in [-0.15, -0.1) is 11.6 Å². The van der Waals surface area contributed by atoms with Crippen LogP contribution in [0.5, 0.6) is 5.75 Å². The van der Waals surface area contributed by atoms with Crippen molar-refractivity contribution in [3.8, 4) is 5.75 Å². The molecule has 0 fully saturated rings. The first-order valence-electron chi connectivity index (χ1n) is 5.96. The predicted octanol–water partition coefficient (Wildman–Crippen LogP) is 2.50. The summed E-state index contributed by atoms with van der Waals surface area (Å²) in [7, 11) is 0. The van der Waals surface area contributed by atoms with Gasteiger partial charge in [0.15, 0.2) is 0 Å². The average molecular weight is 271 g/mol. The van der Waals surface area contributed by atoms with Crippen LogP contribution in [0.2, 0.25) is 0 Å².